The van der Waals surface area contributed by atoms with Crippen LogP contribution in [0.25, 0.3) is 0 Å². The maximum absolute atomic E-state index is 12.2. The largest absolute Gasteiger partial charge is 0.444 e. The minimum absolute atomic E-state index is 0.0735. The van der Waals surface area contributed by atoms with Gasteiger partial charge in [0.15, 0.2) is 0 Å². The highest BCUT2D eigenvalue weighted by Crippen LogP contribution is 2.33. The van der Waals surface area contributed by atoms with Crippen molar-refractivity contribution in [2.45, 2.75) is 59.0 Å². The van der Waals surface area contributed by atoms with E-state index in [0.717, 1.165) is 45.1 Å². The first-order valence-electron chi connectivity index (χ1n) is 7.83. The number of hydrogen-bond acceptors (Lipinski definition) is 3. The molecule has 0 aromatic heterocycles. The molecule has 1 saturated heterocycles. The highest BCUT2D eigenvalue weighted by atomic mass is 16.6. The van der Waals surface area contributed by atoms with E-state index in [9.17, 15) is 4.79 Å². The number of carbonyl (C=O) groups excluding carboxylic acids is 1. The zero-order valence-electron chi connectivity index (χ0n) is 13.4. The number of amides is 1. The van der Waals surface area contributed by atoms with Crippen molar-refractivity contribution in [3.63, 3.8) is 0 Å². The molecule has 1 aliphatic heterocycles. The zero-order valence-corrected chi connectivity index (χ0v) is 13.4. The summed E-state index contributed by atoms with van der Waals surface area (Å²) >= 11 is 0. The molecule has 4 nitrogen and oxygen atoms in total. The molecule has 0 N–H and O–H groups in total. The van der Waals surface area contributed by atoms with E-state index >= 15 is 0 Å². The molecule has 2 fully saturated rings. The molecule has 0 unspecified atom stereocenters. The third-order valence-electron chi connectivity index (χ3n) is 3.93. The van der Waals surface area contributed by atoms with Gasteiger partial charge in [-0.2, -0.15) is 0 Å². The van der Waals surface area contributed by atoms with Crippen molar-refractivity contribution in [3.05, 3.63) is 0 Å². The van der Waals surface area contributed by atoms with Crippen molar-refractivity contribution in [3.8, 4) is 0 Å². The lowest BCUT2D eigenvalue weighted by atomic mass is 9.83. The summed E-state index contributed by atoms with van der Waals surface area (Å²) < 4.78 is 11.3. The number of carbonyl (C=O) groups is 1. The number of piperidine rings is 1. The predicted molar refractivity (Wildman–Crippen MR) is 78.7 cm³/mol. The summed E-state index contributed by atoms with van der Waals surface area (Å²) in [4.78, 5) is 14.0. The Balaban J connectivity index is 1.81. The zero-order chi connectivity index (χ0) is 14.8. The molecular weight excluding hydrogens is 254 g/mol. The Morgan fingerprint density at radius 1 is 1.35 bits per heavy atom. The molecule has 4 heteroatoms. The van der Waals surface area contributed by atoms with E-state index in [-0.39, 0.29) is 11.5 Å². The first-order chi connectivity index (χ1) is 9.27. The summed E-state index contributed by atoms with van der Waals surface area (Å²) in [5, 5.41) is 0. The average Bonchev–Trinajstić information content (AvgIpc) is 3.10. The molecule has 1 saturated carbocycles. The van der Waals surface area contributed by atoms with Crippen LogP contribution in [0.5, 0.6) is 0 Å². The van der Waals surface area contributed by atoms with E-state index in [2.05, 4.69) is 6.92 Å². The first-order valence-corrected chi connectivity index (χ1v) is 7.83. The summed E-state index contributed by atoms with van der Waals surface area (Å²) in [5.74, 6) is 0.796. The minimum atomic E-state index is -0.423. The minimum Gasteiger partial charge on any atom is -0.444 e. The molecule has 2 aliphatic rings. The Kier molecular flexibility index (Phi) is 4.62. The van der Waals surface area contributed by atoms with Gasteiger partial charge < -0.3 is 14.4 Å². The fraction of sp³-hybridized carbons (Fsp3) is 0.938. The second-order valence-electron chi connectivity index (χ2n) is 7.77. The summed E-state index contributed by atoms with van der Waals surface area (Å²) in [6, 6.07) is 0. The lowest BCUT2D eigenvalue weighted by molar-refractivity contribution is -0.0197. The number of nitrogens with zero attached hydrogens (tertiary/aromatic N) is 1. The molecule has 0 aromatic carbocycles. The van der Waals surface area contributed by atoms with Crippen LogP contribution in [0.4, 0.5) is 4.79 Å². The summed E-state index contributed by atoms with van der Waals surface area (Å²) in [5.41, 5.74) is -0.350. The summed E-state index contributed by atoms with van der Waals surface area (Å²) in [6.45, 7) is 11.1. The van der Waals surface area contributed by atoms with Crippen molar-refractivity contribution < 1.29 is 14.3 Å². The van der Waals surface area contributed by atoms with Gasteiger partial charge in [-0.25, -0.2) is 4.79 Å². The summed E-state index contributed by atoms with van der Waals surface area (Å²) in [7, 11) is 0. The molecule has 1 heterocycles. The van der Waals surface area contributed by atoms with E-state index in [4.69, 9.17) is 9.47 Å². The Morgan fingerprint density at radius 2 is 2.05 bits per heavy atom. The monoisotopic (exact) mass is 283 g/mol. The van der Waals surface area contributed by atoms with Crippen LogP contribution in [0.2, 0.25) is 0 Å². The van der Waals surface area contributed by atoms with Gasteiger partial charge in [-0.3, -0.25) is 0 Å². The molecule has 2 rings (SSSR count). The van der Waals surface area contributed by atoms with Crippen LogP contribution in [0.1, 0.15) is 53.4 Å². The lowest BCUT2D eigenvalue weighted by Crippen LogP contribution is -2.48. The third kappa shape index (κ3) is 4.97. The number of ether oxygens (including phenoxy) is 2. The fourth-order valence-corrected chi connectivity index (χ4v) is 2.67. The van der Waals surface area contributed by atoms with Crippen molar-refractivity contribution in [2.24, 2.45) is 11.3 Å². The van der Waals surface area contributed by atoms with Crippen molar-refractivity contribution in [1.82, 2.24) is 4.90 Å². The molecule has 0 spiro atoms. The predicted octanol–water partition coefficient (Wildman–Crippen LogP) is 3.45. The van der Waals surface area contributed by atoms with E-state index in [1.54, 1.807) is 0 Å². The highest BCUT2D eigenvalue weighted by molar-refractivity contribution is 5.68. The van der Waals surface area contributed by atoms with Gasteiger partial charge in [0.05, 0.1) is 6.61 Å². The molecule has 1 aliphatic carbocycles. The molecule has 0 radical (unpaired) electrons. The highest BCUT2D eigenvalue weighted by Gasteiger charge is 2.35. The van der Waals surface area contributed by atoms with E-state index < -0.39 is 5.60 Å². The molecule has 1 amide bonds. The molecule has 0 aromatic rings. The Morgan fingerprint density at radius 3 is 2.65 bits per heavy atom. The van der Waals surface area contributed by atoms with Crippen LogP contribution >= 0.6 is 0 Å². The van der Waals surface area contributed by atoms with Crippen LogP contribution in [-0.2, 0) is 9.47 Å². The van der Waals surface area contributed by atoms with Gasteiger partial charge >= 0.3 is 6.09 Å². The standard InChI is InChI=1S/C16H29NO3/c1-15(2,3)20-14(18)17-9-5-8-16(4,11-17)12-19-10-13-6-7-13/h13H,5-12H2,1-4H3/t16-/m1/s1. The van der Waals surface area contributed by atoms with Crippen LogP contribution in [0, 0.1) is 11.3 Å². The van der Waals surface area contributed by atoms with Crippen molar-refractivity contribution in [1.29, 1.82) is 0 Å². The Bertz CT molecular complexity index is 346. The first kappa shape index (κ1) is 15.6. The van der Waals surface area contributed by atoms with Gasteiger partial charge in [0.2, 0.25) is 0 Å². The topological polar surface area (TPSA) is 38.8 Å². The molecule has 20 heavy (non-hydrogen) atoms. The van der Waals surface area contributed by atoms with Crippen LogP contribution in [0.3, 0.4) is 0 Å². The average molecular weight is 283 g/mol. The lowest BCUT2D eigenvalue weighted by Gasteiger charge is -2.40. The van der Waals surface area contributed by atoms with Gasteiger partial charge in [-0.05, 0) is 52.4 Å². The van der Waals surface area contributed by atoms with Crippen molar-refractivity contribution in [2.75, 3.05) is 26.3 Å². The second kappa shape index (κ2) is 5.92. The third-order valence-corrected chi connectivity index (χ3v) is 3.93. The van der Waals surface area contributed by atoms with Crippen LogP contribution in [-0.4, -0.2) is 42.9 Å². The van der Waals surface area contributed by atoms with Gasteiger partial charge in [0, 0.05) is 25.1 Å². The van der Waals surface area contributed by atoms with Gasteiger partial charge in [-0.1, -0.05) is 6.92 Å². The van der Waals surface area contributed by atoms with Crippen molar-refractivity contribution >= 4 is 6.09 Å². The quantitative estimate of drug-likeness (QED) is 0.793. The number of likely N-dealkylation sites (tertiary alicyclic amines) is 1. The number of hydrogen-bond donors (Lipinski definition) is 0. The van der Waals surface area contributed by atoms with E-state index in [1.165, 1.54) is 12.8 Å². The van der Waals surface area contributed by atoms with E-state index in [1.807, 2.05) is 25.7 Å². The van der Waals surface area contributed by atoms with Crippen LogP contribution in [0.15, 0.2) is 0 Å². The van der Waals surface area contributed by atoms with Crippen LogP contribution < -0.4 is 0 Å². The molecule has 116 valence electrons. The Hall–Kier alpha value is -0.770. The second-order valence-corrected chi connectivity index (χ2v) is 7.77. The smallest absolute Gasteiger partial charge is 0.410 e. The molecule has 0 bridgehead atoms. The van der Waals surface area contributed by atoms with Gasteiger partial charge in [-0.15, -0.1) is 0 Å². The summed E-state index contributed by atoms with van der Waals surface area (Å²) in [6.07, 6.45) is 4.60. The fourth-order valence-electron chi connectivity index (χ4n) is 2.67. The molecule has 1 atom stereocenters. The maximum atomic E-state index is 12.2. The van der Waals surface area contributed by atoms with Gasteiger partial charge in [0.1, 0.15) is 5.60 Å². The van der Waals surface area contributed by atoms with Gasteiger partial charge in [0.25, 0.3) is 0 Å². The molecular formula is C16H29NO3. The Labute approximate surface area is 122 Å². The van der Waals surface area contributed by atoms with E-state index in [0.29, 0.717) is 0 Å². The SMILES string of the molecule is CC(C)(C)OC(=O)N1CCC[C@@](C)(COCC2CC2)C1. The maximum Gasteiger partial charge on any atom is 0.410 e. The normalized spacial score (nSPS) is 27.5. The number of rotatable bonds is 4.